The van der Waals surface area contributed by atoms with E-state index in [1.165, 1.54) is 82.0 Å². The fourth-order valence-corrected chi connectivity index (χ4v) is 5.73. The molecule has 4 rings (SSSR count). The summed E-state index contributed by atoms with van der Waals surface area (Å²) in [6.07, 6.45) is 10.6. The van der Waals surface area contributed by atoms with Crippen LogP contribution in [0.3, 0.4) is 0 Å². The molecule has 0 amide bonds. The third-order valence-electron chi connectivity index (χ3n) is 6.28. The Bertz CT molecular complexity index is 620. The van der Waals surface area contributed by atoms with E-state index in [4.69, 9.17) is 9.98 Å². The van der Waals surface area contributed by atoms with Crippen molar-refractivity contribution in [3.63, 3.8) is 0 Å². The number of guanidine groups is 1. The molecule has 1 spiro atoms. The first-order valence-corrected chi connectivity index (χ1v) is 11.4. The van der Waals surface area contributed by atoms with Gasteiger partial charge in [-0.05, 0) is 44.4 Å². The van der Waals surface area contributed by atoms with Gasteiger partial charge in [0, 0.05) is 51.1 Å². The topological polar surface area (TPSA) is 43.8 Å². The second-order valence-electron chi connectivity index (χ2n) is 8.18. The molecule has 3 heterocycles. The average molecular weight is 503 g/mol. The van der Waals surface area contributed by atoms with Crippen LogP contribution in [0.25, 0.3) is 0 Å². The fraction of sp³-hybridized carbons (Fsp3) is 0.800. The molecule has 1 aromatic rings. The molecule has 0 atom stereocenters. The van der Waals surface area contributed by atoms with Gasteiger partial charge in [-0.1, -0.05) is 12.8 Å². The minimum absolute atomic E-state index is 0. The number of aliphatic imine (C=N–C) groups is 1. The van der Waals surface area contributed by atoms with Gasteiger partial charge in [0.15, 0.2) is 11.1 Å². The van der Waals surface area contributed by atoms with E-state index in [1.807, 2.05) is 0 Å². The highest BCUT2D eigenvalue weighted by molar-refractivity contribution is 14.0. The van der Waals surface area contributed by atoms with Gasteiger partial charge in [-0.15, -0.1) is 35.3 Å². The standard InChI is InChI=1S/C20H33N5S.HI/c1-2-21-18(25-14-10-20(16-25)8-3-4-9-20)22-11-7-17-15-26-19(23-17)24-12-5-6-13-24;/h15H,2-14,16H2,1H3,(H,21,22);1H. The normalized spacial score (nSPS) is 21.9. The van der Waals surface area contributed by atoms with Crippen molar-refractivity contribution in [1.29, 1.82) is 0 Å². The first-order chi connectivity index (χ1) is 12.8. The maximum atomic E-state index is 4.93. The first kappa shape index (κ1) is 21.1. The van der Waals surface area contributed by atoms with Gasteiger partial charge in [0.05, 0.1) is 5.69 Å². The van der Waals surface area contributed by atoms with E-state index in [0.717, 1.165) is 25.5 Å². The Hall–Kier alpha value is -0.570. The fourth-order valence-electron chi connectivity index (χ4n) is 4.82. The van der Waals surface area contributed by atoms with Crippen molar-refractivity contribution in [3.8, 4) is 0 Å². The predicted molar refractivity (Wildman–Crippen MR) is 126 cm³/mol. The number of rotatable bonds is 5. The van der Waals surface area contributed by atoms with Gasteiger partial charge >= 0.3 is 0 Å². The molecule has 0 bridgehead atoms. The largest absolute Gasteiger partial charge is 0.357 e. The minimum Gasteiger partial charge on any atom is -0.357 e. The molecule has 3 aliphatic rings. The zero-order valence-corrected chi connectivity index (χ0v) is 19.7. The summed E-state index contributed by atoms with van der Waals surface area (Å²) in [5.74, 6) is 1.12. The van der Waals surface area contributed by atoms with Gasteiger partial charge in [-0.3, -0.25) is 4.99 Å². The van der Waals surface area contributed by atoms with Crippen LogP contribution < -0.4 is 10.2 Å². The molecule has 152 valence electrons. The lowest BCUT2D eigenvalue weighted by Gasteiger charge is -2.25. The van der Waals surface area contributed by atoms with Crippen molar-refractivity contribution in [2.24, 2.45) is 10.4 Å². The van der Waals surface area contributed by atoms with E-state index in [2.05, 4.69) is 27.4 Å². The smallest absolute Gasteiger partial charge is 0.193 e. The molecular formula is C20H34IN5S. The highest BCUT2D eigenvalue weighted by Gasteiger charge is 2.41. The van der Waals surface area contributed by atoms with Crippen LogP contribution >= 0.6 is 35.3 Å². The molecule has 2 aliphatic heterocycles. The molecule has 1 N–H and O–H groups in total. The molecule has 1 aromatic heterocycles. The molecule has 0 aromatic carbocycles. The quantitative estimate of drug-likeness (QED) is 0.373. The van der Waals surface area contributed by atoms with Gasteiger partial charge in [0.1, 0.15) is 0 Å². The Kier molecular flexibility index (Phi) is 7.65. The number of halogens is 1. The maximum Gasteiger partial charge on any atom is 0.193 e. The Balaban J connectivity index is 0.00000210. The van der Waals surface area contributed by atoms with Crippen molar-refractivity contribution in [1.82, 2.24) is 15.2 Å². The monoisotopic (exact) mass is 503 g/mol. The molecule has 7 heteroatoms. The summed E-state index contributed by atoms with van der Waals surface area (Å²) in [6, 6.07) is 0. The molecule has 27 heavy (non-hydrogen) atoms. The van der Waals surface area contributed by atoms with E-state index in [-0.39, 0.29) is 24.0 Å². The summed E-state index contributed by atoms with van der Waals surface area (Å²) < 4.78 is 0. The number of hydrogen-bond acceptors (Lipinski definition) is 4. The van der Waals surface area contributed by atoms with Crippen molar-refractivity contribution < 1.29 is 0 Å². The number of likely N-dealkylation sites (tertiary alicyclic amines) is 1. The summed E-state index contributed by atoms with van der Waals surface area (Å²) in [5.41, 5.74) is 1.79. The van der Waals surface area contributed by atoms with Gasteiger partial charge in [0.2, 0.25) is 0 Å². The van der Waals surface area contributed by atoms with Crippen LogP contribution in [0.5, 0.6) is 0 Å². The molecule has 0 radical (unpaired) electrons. The minimum atomic E-state index is 0. The van der Waals surface area contributed by atoms with Crippen molar-refractivity contribution in [2.75, 3.05) is 44.2 Å². The van der Waals surface area contributed by atoms with Crippen LogP contribution in [0, 0.1) is 5.41 Å². The highest BCUT2D eigenvalue weighted by atomic mass is 127. The number of nitrogens with zero attached hydrogens (tertiary/aromatic N) is 4. The lowest BCUT2D eigenvalue weighted by Crippen LogP contribution is -2.41. The second kappa shape index (κ2) is 9.76. The first-order valence-electron chi connectivity index (χ1n) is 10.5. The molecular weight excluding hydrogens is 469 g/mol. The third kappa shape index (κ3) is 5.08. The molecule has 3 fully saturated rings. The van der Waals surface area contributed by atoms with Crippen LogP contribution in [0.1, 0.15) is 57.6 Å². The van der Waals surface area contributed by atoms with Crippen LogP contribution in [0.15, 0.2) is 10.4 Å². The summed E-state index contributed by atoms with van der Waals surface area (Å²) in [4.78, 5) is 14.7. The zero-order valence-electron chi connectivity index (χ0n) is 16.6. The van der Waals surface area contributed by atoms with Crippen molar-refractivity contribution in [3.05, 3.63) is 11.1 Å². The van der Waals surface area contributed by atoms with Crippen LogP contribution in [0.4, 0.5) is 5.13 Å². The number of thiazole rings is 1. The van der Waals surface area contributed by atoms with E-state index in [9.17, 15) is 0 Å². The Morgan fingerprint density at radius 3 is 2.70 bits per heavy atom. The third-order valence-corrected chi connectivity index (χ3v) is 7.23. The number of anilines is 1. The maximum absolute atomic E-state index is 4.93. The summed E-state index contributed by atoms with van der Waals surface area (Å²) in [6.45, 7) is 8.65. The van der Waals surface area contributed by atoms with E-state index in [1.54, 1.807) is 11.3 Å². The molecule has 2 saturated heterocycles. The number of nitrogens with one attached hydrogen (secondary N) is 1. The Morgan fingerprint density at radius 1 is 1.19 bits per heavy atom. The number of hydrogen-bond donors (Lipinski definition) is 1. The van der Waals surface area contributed by atoms with Gasteiger partial charge in [-0.25, -0.2) is 4.98 Å². The van der Waals surface area contributed by atoms with E-state index >= 15 is 0 Å². The molecule has 5 nitrogen and oxygen atoms in total. The molecule has 1 saturated carbocycles. The van der Waals surface area contributed by atoms with E-state index < -0.39 is 0 Å². The van der Waals surface area contributed by atoms with Gasteiger partial charge < -0.3 is 15.1 Å². The van der Waals surface area contributed by atoms with Crippen molar-refractivity contribution >= 4 is 46.4 Å². The van der Waals surface area contributed by atoms with Gasteiger partial charge in [0.25, 0.3) is 0 Å². The summed E-state index contributed by atoms with van der Waals surface area (Å²) in [7, 11) is 0. The lowest BCUT2D eigenvalue weighted by molar-refractivity contribution is 0.309. The van der Waals surface area contributed by atoms with E-state index in [0.29, 0.717) is 5.41 Å². The summed E-state index contributed by atoms with van der Waals surface area (Å²) in [5, 5.41) is 6.94. The lowest BCUT2D eigenvalue weighted by atomic mass is 9.86. The highest BCUT2D eigenvalue weighted by Crippen LogP contribution is 2.45. The van der Waals surface area contributed by atoms with Crippen LogP contribution in [-0.2, 0) is 6.42 Å². The second-order valence-corrected chi connectivity index (χ2v) is 9.02. The molecule has 0 unspecified atom stereocenters. The predicted octanol–water partition coefficient (Wildman–Crippen LogP) is 4.14. The Labute approximate surface area is 185 Å². The summed E-state index contributed by atoms with van der Waals surface area (Å²) >= 11 is 1.79. The van der Waals surface area contributed by atoms with Crippen molar-refractivity contribution in [2.45, 2.75) is 58.3 Å². The SMILES string of the molecule is CCNC(=NCCc1csc(N2CCCC2)n1)N1CCC2(CCCC2)C1.I. The van der Waals surface area contributed by atoms with Crippen LogP contribution in [0.2, 0.25) is 0 Å². The molecule has 1 aliphatic carbocycles. The Morgan fingerprint density at radius 2 is 1.96 bits per heavy atom. The zero-order chi connectivity index (χ0) is 17.8. The average Bonchev–Trinajstić information content (AvgIpc) is 3.44. The van der Waals surface area contributed by atoms with Crippen LogP contribution in [-0.4, -0.2) is 55.1 Å². The number of aromatic nitrogens is 1. The van der Waals surface area contributed by atoms with Gasteiger partial charge in [-0.2, -0.15) is 0 Å².